The number of rotatable bonds is 2. The molecule has 2 rings (SSSR count). The van der Waals surface area contributed by atoms with Gasteiger partial charge in [0.2, 0.25) is 0 Å². The molecule has 18 heavy (non-hydrogen) atoms. The predicted octanol–water partition coefficient (Wildman–Crippen LogP) is 5.24. The Morgan fingerprint density at radius 3 is 2.11 bits per heavy atom. The summed E-state index contributed by atoms with van der Waals surface area (Å²) in [5, 5.41) is 0.377. The summed E-state index contributed by atoms with van der Waals surface area (Å²) in [5.41, 5.74) is 0.257. The minimum Gasteiger partial charge on any atom is -0.207 e. The third-order valence-electron chi connectivity index (χ3n) is 2.48. The molecule has 0 saturated heterocycles. The zero-order valence-corrected chi connectivity index (χ0v) is 11.3. The van der Waals surface area contributed by atoms with Crippen molar-refractivity contribution in [3.63, 3.8) is 0 Å². The Balaban J connectivity index is 2.53. The highest BCUT2D eigenvalue weighted by atomic mass is 79.9. The maximum absolute atomic E-state index is 13.6. The topological polar surface area (TPSA) is 0 Å². The number of hydrogen-bond donors (Lipinski definition) is 0. The van der Waals surface area contributed by atoms with E-state index in [0.717, 1.165) is 0 Å². The Hall–Kier alpha value is -1.00. The largest absolute Gasteiger partial charge is 0.207 e. The normalized spacial score (nSPS) is 12.5. The molecule has 0 aliphatic carbocycles. The van der Waals surface area contributed by atoms with E-state index < -0.39 is 22.3 Å². The monoisotopic (exact) mass is 334 g/mol. The van der Waals surface area contributed by atoms with Gasteiger partial charge in [-0.05, 0) is 11.6 Å². The van der Waals surface area contributed by atoms with Crippen LogP contribution >= 0.6 is 27.5 Å². The van der Waals surface area contributed by atoms with Crippen LogP contribution in [0.2, 0.25) is 5.02 Å². The smallest absolute Gasteiger partial charge is 0.133 e. The molecule has 0 bridgehead atoms. The molecular formula is C13H7BrClF3. The van der Waals surface area contributed by atoms with Crippen molar-refractivity contribution < 1.29 is 13.2 Å². The molecule has 0 aliphatic rings. The van der Waals surface area contributed by atoms with Crippen molar-refractivity contribution in [2.24, 2.45) is 0 Å². The first kappa shape index (κ1) is 13.4. The van der Waals surface area contributed by atoms with E-state index >= 15 is 0 Å². The fourth-order valence-electron chi connectivity index (χ4n) is 1.63. The zero-order valence-electron chi connectivity index (χ0n) is 8.93. The molecule has 0 aromatic heterocycles. The SMILES string of the molecule is Fc1cc(F)c(C(Br)c2ccccc2Cl)c(F)c1. The van der Waals surface area contributed by atoms with Crippen molar-refractivity contribution in [1.29, 1.82) is 0 Å². The molecule has 2 aromatic rings. The van der Waals surface area contributed by atoms with Gasteiger partial charge in [0.25, 0.3) is 0 Å². The summed E-state index contributed by atoms with van der Waals surface area (Å²) >= 11 is 9.14. The van der Waals surface area contributed by atoms with Crippen LogP contribution in [0.1, 0.15) is 16.0 Å². The Morgan fingerprint density at radius 2 is 1.56 bits per heavy atom. The summed E-state index contributed by atoms with van der Waals surface area (Å²) < 4.78 is 40.1. The molecule has 0 heterocycles. The molecule has 1 atom stereocenters. The number of hydrogen-bond acceptors (Lipinski definition) is 0. The lowest BCUT2D eigenvalue weighted by molar-refractivity contribution is 0.527. The quantitative estimate of drug-likeness (QED) is 0.658. The van der Waals surface area contributed by atoms with Crippen LogP contribution in [-0.4, -0.2) is 0 Å². The first-order valence-electron chi connectivity index (χ1n) is 5.03. The van der Waals surface area contributed by atoms with E-state index in [-0.39, 0.29) is 5.56 Å². The fraction of sp³-hybridized carbons (Fsp3) is 0.0769. The van der Waals surface area contributed by atoms with Gasteiger partial charge in [-0.25, -0.2) is 13.2 Å². The Labute approximate surface area is 116 Å². The van der Waals surface area contributed by atoms with E-state index in [1.165, 1.54) is 0 Å². The molecule has 1 unspecified atom stereocenters. The average molecular weight is 336 g/mol. The van der Waals surface area contributed by atoms with E-state index in [9.17, 15) is 13.2 Å². The summed E-state index contributed by atoms with van der Waals surface area (Å²) in [7, 11) is 0. The van der Waals surface area contributed by atoms with Crippen molar-refractivity contribution in [2.45, 2.75) is 4.83 Å². The molecule has 0 saturated carbocycles. The van der Waals surface area contributed by atoms with Crippen LogP contribution in [0.15, 0.2) is 36.4 Å². The number of halogens is 5. The first-order valence-corrected chi connectivity index (χ1v) is 6.33. The van der Waals surface area contributed by atoms with Crippen LogP contribution in [0.5, 0.6) is 0 Å². The van der Waals surface area contributed by atoms with Crippen LogP contribution in [0, 0.1) is 17.5 Å². The fourth-order valence-corrected chi connectivity index (χ4v) is 2.84. The number of alkyl halides is 1. The molecule has 5 heteroatoms. The Morgan fingerprint density at radius 1 is 1.00 bits per heavy atom. The van der Waals surface area contributed by atoms with Gasteiger partial charge in [0.05, 0.1) is 4.83 Å². The molecule has 0 radical (unpaired) electrons. The molecule has 0 nitrogen and oxygen atoms in total. The summed E-state index contributed by atoms with van der Waals surface area (Å²) in [5.74, 6) is -2.85. The highest BCUT2D eigenvalue weighted by Crippen LogP contribution is 2.37. The summed E-state index contributed by atoms with van der Waals surface area (Å²) in [6.45, 7) is 0. The zero-order chi connectivity index (χ0) is 13.3. The molecule has 0 amide bonds. The van der Waals surface area contributed by atoms with Crippen molar-refractivity contribution >= 4 is 27.5 Å². The summed E-state index contributed by atoms with van der Waals surface area (Å²) in [6.07, 6.45) is 0. The van der Waals surface area contributed by atoms with Crippen LogP contribution < -0.4 is 0 Å². The maximum atomic E-state index is 13.6. The lowest BCUT2D eigenvalue weighted by Crippen LogP contribution is -2.02. The summed E-state index contributed by atoms with van der Waals surface area (Å²) in [6, 6.07) is 7.96. The van der Waals surface area contributed by atoms with Crippen molar-refractivity contribution in [3.8, 4) is 0 Å². The van der Waals surface area contributed by atoms with E-state index in [1.807, 2.05) is 0 Å². The minimum absolute atomic E-state index is 0.260. The lowest BCUT2D eigenvalue weighted by Gasteiger charge is -2.14. The maximum Gasteiger partial charge on any atom is 0.133 e. The van der Waals surface area contributed by atoms with Gasteiger partial charge in [0.15, 0.2) is 0 Å². The van der Waals surface area contributed by atoms with Crippen molar-refractivity contribution in [1.82, 2.24) is 0 Å². The molecule has 0 fully saturated rings. The standard InChI is InChI=1S/C13H7BrClF3/c14-13(8-3-1-2-4-9(8)15)12-10(17)5-7(16)6-11(12)18/h1-6,13H. The Kier molecular flexibility index (Phi) is 3.97. The first-order chi connectivity index (χ1) is 8.50. The van der Waals surface area contributed by atoms with Gasteiger partial charge < -0.3 is 0 Å². The van der Waals surface area contributed by atoms with Gasteiger partial charge in [0.1, 0.15) is 17.5 Å². The average Bonchev–Trinajstić information content (AvgIpc) is 2.27. The number of benzene rings is 2. The van der Waals surface area contributed by atoms with E-state index in [0.29, 0.717) is 22.7 Å². The second kappa shape index (κ2) is 5.33. The predicted molar refractivity (Wildman–Crippen MR) is 68.5 cm³/mol. The molecule has 0 aliphatic heterocycles. The Bertz CT molecular complexity index is 563. The third kappa shape index (κ3) is 2.54. The molecule has 2 aromatic carbocycles. The van der Waals surface area contributed by atoms with Gasteiger partial charge in [0, 0.05) is 22.7 Å². The minimum atomic E-state index is -0.951. The molecule has 0 N–H and O–H groups in total. The van der Waals surface area contributed by atoms with Crippen molar-refractivity contribution in [2.75, 3.05) is 0 Å². The van der Waals surface area contributed by atoms with Gasteiger partial charge in [-0.3, -0.25) is 0 Å². The molecule has 94 valence electrons. The van der Waals surface area contributed by atoms with Gasteiger partial charge in [-0.15, -0.1) is 0 Å². The van der Waals surface area contributed by atoms with Gasteiger partial charge in [-0.2, -0.15) is 0 Å². The van der Waals surface area contributed by atoms with Gasteiger partial charge in [-0.1, -0.05) is 45.7 Å². The highest BCUT2D eigenvalue weighted by Gasteiger charge is 2.22. The second-order valence-corrected chi connectivity index (χ2v) is 4.99. The van der Waals surface area contributed by atoms with E-state index in [2.05, 4.69) is 15.9 Å². The van der Waals surface area contributed by atoms with Crippen LogP contribution in [0.3, 0.4) is 0 Å². The van der Waals surface area contributed by atoms with Crippen molar-refractivity contribution in [3.05, 3.63) is 70.0 Å². The molecular weight excluding hydrogens is 328 g/mol. The highest BCUT2D eigenvalue weighted by molar-refractivity contribution is 9.09. The second-order valence-electron chi connectivity index (χ2n) is 3.67. The third-order valence-corrected chi connectivity index (χ3v) is 3.77. The van der Waals surface area contributed by atoms with Crippen LogP contribution in [0.4, 0.5) is 13.2 Å². The van der Waals surface area contributed by atoms with Crippen LogP contribution in [0.25, 0.3) is 0 Å². The summed E-state index contributed by atoms with van der Waals surface area (Å²) in [4.78, 5) is -0.771. The van der Waals surface area contributed by atoms with Gasteiger partial charge >= 0.3 is 0 Å². The lowest BCUT2D eigenvalue weighted by atomic mass is 10.0. The van der Waals surface area contributed by atoms with E-state index in [4.69, 9.17) is 11.6 Å². The van der Waals surface area contributed by atoms with Crippen LogP contribution in [-0.2, 0) is 0 Å². The van der Waals surface area contributed by atoms with E-state index in [1.54, 1.807) is 24.3 Å². The molecule has 0 spiro atoms.